The second kappa shape index (κ2) is 7.50. The van der Waals surface area contributed by atoms with E-state index in [1.165, 1.54) is 0 Å². The van der Waals surface area contributed by atoms with Gasteiger partial charge in [0.2, 0.25) is 5.95 Å². The van der Waals surface area contributed by atoms with Crippen LogP contribution in [0.4, 0.5) is 5.95 Å². The molecule has 0 spiro atoms. The third kappa shape index (κ3) is 3.96. The van der Waals surface area contributed by atoms with Crippen molar-refractivity contribution in [3.8, 4) is 11.1 Å². The summed E-state index contributed by atoms with van der Waals surface area (Å²) in [6.45, 7) is 0. The number of H-pyrrole nitrogens is 1. The molecule has 0 radical (unpaired) electrons. The Hall–Kier alpha value is -2.74. The van der Waals surface area contributed by atoms with Crippen LogP contribution in [0.2, 0.25) is 0 Å². The van der Waals surface area contributed by atoms with E-state index in [1.807, 2.05) is 29.2 Å². The first-order valence-electron chi connectivity index (χ1n) is 10.7. The van der Waals surface area contributed by atoms with Gasteiger partial charge in [0, 0.05) is 41.8 Å². The van der Waals surface area contributed by atoms with Crippen molar-refractivity contribution in [2.24, 2.45) is 0 Å². The highest BCUT2D eigenvalue weighted by atomic mass is 16.5. The van der Waals surface area contributed by atoms with Gasteiger partial charge in [0.1, 0.15) is 29.2 Å². The smallest absolute Gasteiger partial charge is 0.224 e. The minimum absolute atomic E-state index is 0.0764. The second-order valence-corrected chi connectivity index (χ2v) is 9.12. The molecule has 4 aromatic heterocycles. The highest BCUT2D eigenvalue weighted by Crippen LogP contribution is 2.29. The number of anilines is 1. The molecule has 0 atom stereocenters. The normalized spacial score (nSPS) is 20.0. The lowest BCUT2D eigenvalue weighted by atomic mass is 9.52. The molecule has 1 aliphatic rings. The van der Waals surface area contributed by atoms with Crippen LogP contribution in [0.15, 0.2) is 43.0 Å². The highest BCUT2D eigenvalue weighted by molar-refractivity contribution is 6.58. The predicted octanol–water partition coefficient (Wildman–Crippen LogP) is 0.523. The van der Waals surface area contributed by atoms with Crippen molar-refractivity contribution in [1.29, 1.82) is 0 Å². The third-order valence-corrected chi connectivity index (χ3v) is 5.67. The average molecular weight is 398 g/mol. The maximum Gasteiger partial charge on any atom is 0.224 e. The van der Waals surface area contributed by atoms with Crippen LogP contribution in [-0.2, 0) is 4.74 Å². The number of fused-ring (bicyclic) bond motifs is 2. The summed E-state index contributed by atoms with van der Waals surface area (Å²) in [6, 6.07) is 6.58. The van der Waals surface area contributed by atoms with Crippen LogP contribution < -0.4 is 5.32 Å². The van der Waals surface area contributed by atoms with Crippen molar-refractivity contribution in [2.45, 2.75) is 43.1 Å². The number of ether oxygens (including phenoxy) is 1. The Bertz CT molecular complexity index is 1180. The molecule has 0 saturated heterocycles. The standard InChI is InChI=1S/C20H25B3N6O/c21-20(22,23)30-15-3-1-13(2-4-15)27-19-25-11-17-16(10-24-18(17)28-19)12-6-8-29-14(9-12)5-7-26-29/h5-11,13,15H,1-4,21-23H2,(H2,24,25,27,28)/t13-,15+. The molecule has 1 aliphatic carbocycles. The molecule has 0 bridgehead atoms. The van der Waals surface area contributed by atoms with Crippen molar-refractivity contribution in [3.63, 3.8) is 0 Å². The fourth-order valence-corrected chi connectivity index (χ4v) is 4.31. The van der Waals surface area contributed by atoms with E-state index in [9.17, 15) is 0 Å². The zero-order chi connectivity index (χ0) is 20.7. The minimum atomic E-state index is -0.0764. The first-order chi connectivity index (χ1) is 14.4. The lowest BCUT2D eigenvalue weighted by Gasteiger charge is -2.34. The summed E-state index contributed by atoms with van der Waals surface area (Å²) in [5.74, 6) is 0.683. The Balaban J connectivity index is 1.29. The number of hydrogen-bond acceptors (Lipinski definition) is 5. The molecule has 0 aromatic carbocycles. The van der Waals surface area contributed by atoms with Crippen LogP contribution in [-0.4, -0.2) is 65.5 Å². The van der Waals surface area contributed by atoms with Crippen molar-refractivity contribution < 1.29 is 4.74 Å². The van der Waals surface area contributed by atoms with Crippen molar-refractivity contribution in [3.05, 3.63) is 43.0 Å². The Morgan fingerprint density at radius 1 is 1.17 bits per heavy atom. The van der Waals surface area contributed by atoms with E-state index >= 15 is 0 Å². The summed E-state index contributed by atoms with van der Waals surface area (Å²) < 4.78 is 7.99. The maximum atomic E-state index is 6.13. The first-order valence-corrected chi connectivity index (χ1v) is 10.7. The van der Waals surface area contributed by atoms with E-state index in [0.29, 0.717) is 18.1 Å². The van der Waals surface area contributed by atoms with Gasteiger partial charge in [-0.25, -0.2) is 9.50 Å². The average Bonchev–Trinajstić information content (AvgIpc) is 3.34. The van der Waals surface area contributed by atoms with Crippen LogP contribution in [0.3, 0.4) is 0 Å². The fraction of sp³-hybridized carbons (Fsp3) is 0.350. The molecule has 4 heterocycles. The Morgan fingerprint density at radius 3 is 2.80 bits per heavy atom. The van der Waals surface area contributed by atoms with E-state index in [2.05, 4.69) is 56.1 Å². The Labute approximate surface area is 178 Å². The second-order valence-electron chi connectivity index (χ2n) is 9.12. The molecule has 0 aliphatic heterocycles. The van der Waals surface area contributed by atoms with Gasteiger partial charge in [0.25, 0.3) is 0 Å². The van der Waals surface area contributed by atoms with Crippen molar-refractivity contribution >= 4 is 46.0 Å². The summed E-state index contributed by atoms with van der Waals surface area (Å²) in [6.07, 6.45) is 12.3. The molecule has 7 nitrogen and oxygen atoms in total. The van der Waals surface area contributed by atoms with Gasteiger partial charge in [-0.3, -0.25) is 0 Å². The van der Waals surface area contributed by atoms with Gasteiger partial charge in [-0.2, -0.15) is 10.1 Å². The number of aromatic amines is 1. The van der Waals surface area contributed by atoms with Crippen LogP contribution >= 0.6 is 0 Å². The van der Waals surface area contributed by atoms with E-state index in [0.717, 1.165) is 53.4 Å². The molecule has 1 fully saturated rings. The topological polar surface area (TPSA) is 80.1 Å². The van der Waals surface area contributed by atoms with E-state index < -0.39 is 0 Å². The van der Waals surface area contributed by atoms with Gasteiger partial charge in [-0.05, 0) is 54.7 Å². The van der Waals surface area contributed by atoms with Gasteiger partial charge in [0.15, 0.2) is 0 Å². The zero-order valence-electron chi connectivity index (χ0n) is 17.7. The summed E-state index contributed by atoms with van der Waals surface area (Å²) >= 11 is 0. The summed E-state index contributed by atoms with van der Waals surface area (Å²) in [4.78, 5) is 12.6. The molecule has 2 N–H and O–H groups in total. The molecule has 150 valence electrons. The molecule has 5 rings (SSSR count). The van der Waals surface area contributed by atoms with Crippen LogP contribution in [0, 0.1) is 0 Å². The largest absolute Gasteiger partial charge is 0.398 e. The molecule has 0 unspecified atom stereocenters. The number of nitrogens with zero attached hydrogens (tertiary/aromatic N) is 4. The van der Waals surface area contributed by atoms with Gasteiger partial charge < -0.3 is 15.0 Å². The minimum Gasteiger partial charge on any atom is -0.398 e. The molecule has 10 heteroatoms. The number of rotatable bonds is 5. The lowest BCUT2D eigenvalue weighted by Crippen LogP contribution is -2.41. The van der Waals surface area contributed by atoms with Crippen molar-refractivity contribution in [2.75, 3.05) is 5.32 Å². The maximum absolute atomic E-state index is 6.13. The zero-order valence-corrected chi connectivity index (χ0v) is 17.7. The summed E-state index contributed by atoms with van der Waals surface area (Å²) in [5.41, 5.74) is 4.13. The Morgan fingerprint density at radius 2 is 2.00 bits per heavy atom. The fourth-order valence-electron chi connectivity index (χ4n) is 4.31. The van der Waals surface area contributed by atoms with E-state index in [4.69, 9.17) is 9.72 Å². The summed E-state index contributed by atoms with van der Waals surface area (Å²) in [5, 5.41) is 8.72. The van der Waals surface area contributed by atoms with E-state index in [1.54, 1.807) is 6.20 Å². The number of nitrogens with one attached hydrogen (secondary N) is 2. The third-order valence-electron chi connectivity index (χ3n) is 5.67. The van der Waals surface area contributed by atoms with Crippen LogP contribution in [0.5, 0.6) is 0 Å². The number of pyridine rings is 1. The molecule has 4 aromatic rings. The SMILES string of the molecule is BC(B)(B)O[C@H]1CC[C@@H](Nc2ncc3c(-c4ccn5nccc5c4)c[nH]c3n2)CC1. The van der Waals surface area contributed by atoms with Gasteiger partial charge in [-0.1, -0.05) is 0 Å². The monoisotopic (exact) mass is 398 g/mol. The molecular weight excluding hydrogens is 373 g/mol. The van der Waals surface area contributed by atoms with Gasteiger partial charge in [0.05, 0.1) is 11.6 Å². The van der Waals surface area contributed by atoms with E-state index in [-0.39, 0.29) is 5.30 Å². The predicted molar refractivity (Wildman–Crippen MR) is 127 cm³/mol. The number of hydrogen-bond donors (Lipinski definition) is 2. The highest BCUT2D eigenvalue weighted by Gasteiger charge is 2.25. The molecule has 0 amide bonds. The van der Waals surface area contributed by atoms with Gasteiger partial charge in [-0.15, -0.1) is 0 Å². The number of aromatic nitrogens is 5. The molecule has 30 heavy (non-hydrogen) atoms. The van der Waals surface area contributed by atoms with Gasteiger partial charge >= 0.3 is 0 Å². The molecular formula is C20H25B3N6O. The van der Waals surface area contributed by atoms with Crippen LogP contribution in [0.25, 0.3) is 27.7 Å². The quantitative estimate of drug-likeness (QED) is 0.480. The van der Waals surface area contributed by atoms with Crippen LogP contribution in [0.1, 0.15) is 25.7 Å². The summed E-state index contributed by atoms with van der Waals surface area (Å²) in [7, 11) is 6.37. The van der Waals surface area contributed by atoms with Crippen molar-refractivity contribution in [1.82, 2.24) is 24.6 Å². The Kier molecular flexibility index (Phi) is 4.81. The first kappa shape index (κ1) is 19.2. The lowest BCUT2D eigenvalue weighted by molar-refractivity contribution is 0.0202. The molecule has 1 saturated carbocycles.